The van der Waals surface area contributed by atoms with Crippen LogP contribution in [0.3, 0.4) is 0 Å². The summed E-state index contributed by atoms with van der Waals surface area (Å²) >= 11 is 0. The molecule has 0 N–H and O–H groups in total. The summed E-state index contributed by atoms with van der Waals surface area (Å²) in [6.07, 6.45) is 2.68. The molecular formula is C10H21N. The zero-order valence-corrected chi connectivity index (χ0v) is 8.30. The van der Waals surface area contributed by atoms with Crippen LogP contribution >= 0.6 is 0 Å². The van der Waals surface area contributed by atoms with Crippen LogP contribution in [0, 0.1) is 5.92 Å². The first-order chi connectivity index (χ1) is 5.20. The summed E-state index contributed by atoms with van der Waals surface area (Å²) in [6.45, 7) is 10.6. The number of rotatable bonds is 4. The van der Waals surface area contributed by atoms with Gasteiger partial charge in [0.2, 0.25) is 0 Å². The average molecular weight is 155 g/mol. The Balaban J connectivity index is 2.20. The van der Waals surface area contributed by atoms with E-state index in [0.29, 0.717) is 0 Å². The second kappa shape index (κ2) is 3.57. The summed E-state index contributed by atoms with van der Waals surface area (Å²) in [6, 6.07) is 1.71. The van der Waals surface area contributed by atoms with Crippen molar-refractivity contribution in [2.45, 2.75) is 52.6 Å². The Morgan fingerprint density at radius 2 is 1.55 bits per heavy atom. The Morgan fingerprint density at radius 1 is 1.09 bits per heavy atom. The van der Waals surface area contributed by atoms with Gasteiger partial charge in [0.1, 0.15) is 0 Å². The first-order valence-electron chi connectivity index (χ1n) is 4.96. The van der Waals surface area contributed by atoms with Crippen LogP contribution in [0.5, 0.6) is 0 Å². The molecule has 0 saturated carbocycles. The molecule has 1 rings (SSSR count). The van der Waals surface area contributed by atoms with Gasteiger partial charge in [0, 0.05) is 18.6 Å². The largest absolute Gasteiger partial charge is 0.295 e. The van der Waals surface area contributed by atoms with E-state index in [2.05, 4.69) is 32.6 Å². The van der Waals surface area contributed by atoms with Gasteiger partial charge in [-0.3, -0.25) is 4.90 Å². The molecule has 1 heterocycles. The first kappa shape index (κ1) is 9.05. The molecular weight excluding hydrogens is 134 g/mol. The predicted octanol–water partition coefficient (Wildman–Crippen LogP) is 2.52. The molecule has 1 nitrogen and oxygen atoms in total. The minimum atomic E-state index is 0.857. The third kappa shape index (κ3) is 1.96. The normalized spacial score (nSPS) is 36.3. The Bertz CT molecular complexity index is 110. The van der Waals surface area contributed by atoms with E-state index in [0.717, 1.165) is 18.0 Å². The van der Waals surface area contributed by atoms with E-state index >= 15 is 0 Å². The van der Waals surface area contributed by atoms with Crippen LogP contribution in [0.25, 0.3) is 0 Å². The zero-order valence-electron chi connectivity index (χ0n) is 8.30. The Hall–Kier alpha value is -0.0400. The molecule has 1 fully saturated rings. The molecule has 0 aliphatic carbocycles. The van der Waals surface area contributed by atoms with Gasteiger partial charge in [-0.1, -0.05) is 26.7 Å². The number of hydrogen-bond acceptors (Lipinski definition) is 1. The maximum atomic E-state index is 2.59. The highest BCUT2D eigenvalue weighted by atomic mass is 15.3. The SMILES string of the molecule is CCC(CC)CN1C(C)C1C. The molecule has 0 aromatic heterocycles. The van der Waals surface area contributed by atoms with Crippen LogP contribution in [0.1, 0.15) is 40.5 Å². The van der Waals surface area contributed by atoms with Gasteiger partial charge >= 0.3 is 0 Å². The van der Waals surface area contributed by atoms with E-state index in [1.165, 1.54) is 19.4 Å². The summed E-state index contributed by atoms with van der Waals surface area (Å²) < 4.78 is 0. The second-order valence-electron chi connectivity index (χ2n) is 3.86. The first-order valence-corrected chi connectivity index (χ1v) is 4.96. The van der Waals surface area contributed by atoms with Gasteiger partial charge in [-0.15, -0.1) is 0 Å². The lowest BCUT2D eigenvalue weighted by Gasteiger charge is -2.12. The van der Waals surface area contributed by atoms with Gasteiger partial charge in [0.25, 0.3) is 0 Å². The highest BCUT2D eigenvalue weighted by Crippen LogP contribution is 2.29. The van der Waals surface area contributed by atoms with E-state index in [-0.39, 0.29) is 0 Å². The van der Waals surface area contributed by atoms with Gasteiger partial charge < -0.3 is 0 Å². The van der Waals surface area contributed by atoms with Crippen molar-refractivity contribution < 1.29 is 0 Å². The smallest absolute Gasteiger partial charge is 0.0224 e. The quantitative estimate of drug-likeness (QED) is 0.564. The zero-order chi connectivity index (χ0) is 8.43. The van der Waals surface area contributed by atoms with Gasteiger partial charge in [-0.05, 0) is 19.8 Å². The van der Waals surface area contributed by atoms with Crippen molar-refractivity contribution >= 4 is 0 Å². The fraction of sp³-hybridized carbons (Fsp3) is 1.00. The van der Waals surface area contributed by atoms with E-state index < -0.39 is 0 Å². The maximum Gasteiger partial charge on any atom is 0.0224 e. The van der Waals surface area contributed by atoms with Gasteiger partial charge in [-0.2, -0.15) is 0 Å². The highest BCUT2D eigenvalue weighted by Gasteiger charge is 2.39. The summed E-state index contributed by atoms with van der Waals surface area (Å²) in [4.78, 5) is 2.59. The maximum absolute atomic E-state index is 2.59. The van der Waals surface area contributed by atoms with Crippen LogP contribution in [0.2, 0.25) is 0 Å². The lowest BCUT2D eigenvalue weighted by Crippen LogP contribution is -2.14. The summed E-state index contributed by atoms with van der Waals surface area (Å²) in [5.41, 5.74) is 0. The number of hydrogen-bond donors (Lipinski definition) is 0. The lowest BCUT2D eigenvalue weighted by atomic mass is 10.0. The standard InChI is InChI=1S/C10H21N/c1-5-10(6-2)7-11-8(3)9(11)4/h8-10H,5-7H2,1-4H3. The molecule has 11 heavy (non-hydrogen) atoms. The fourth-order valence-corrected chi connectivity index (χ4v) is 1.76. The van der Waals surface area contributed by atoms with Gasteiger partial charge in [0.15, 0.2) is 0 Å². The van der Waals surface area contributed by atoms with Crippen molar-refractivity contribution in [3.8, 4) is 0 Å². The van der Waals surface area contributed by atoms with Crippen molar-refractivity contribution in [2.75, 3.05) is 6.54 Å². The Labute approximate surface area is 70.8 Å². The summed E-state index contributed by atoms with van der Waals surface area (Å²) in [5, 5.41) is 0. The molecule has 1 aliphatic heterocycles. The van der Waals surface area contributed by atoms with E-state index in [1.54, 1.807) is 0 Å². The Morgan fingerprint density at radius 3 is 1.82 bits per heavy atom. The molecule has 1 heteroatoms. The molecule has 0 amide bonds. The van der Waals surface area contributed by atoms with Crippen molar-refractivity contribution in [1.29, 1.82) is 0 Å². The van der Waals surface area contributed by atoms with Crippen LogP contribution < -0.4 is 0 Å². The third-order valence-electron chi connectivity index (χ3n) is 3.28. The minimum Gasteiger partial charge on any atom is -0.295 e. The van der Waals surface area contributed by atoms with Gasteiger partial charge in [0.05, 0.1) is 0 Å². The molecule has 1 saturated heterocycles. The molecule has 2 unspecified atom stereocenters. The van der Waals surface area contributed by atoms with Crippen molar-refractivity contribution in [1.82, 2.24) is 4.90 Å². The molecule has 1 aliphatic rings. The molecule has 0 aromatic rings. The highest BCUT2D eigenvalue weighted by molar-refractivity contribution is 4.95. The van der Waals surface area contributed by atoms with Crippen LogP contribution in [0.4, 0.5) is 0 Å². The van der Waals surface area contributed by atoms with Gasteiger partial charge in [-0.25, -0.2) is 0 Å². The van der Waals surface area contributed by atoms with Crippen molar-refractivity contribution in [3.05, 3.63) is 0 Å². The molecule has 0 radical (unpaired) electrons. The minimum absolute atomic E-state index is 0.857. The summed E-state index contributed by atoms with van der Waals surface area (Å²) in [5.74, 6) is 0.933. The van der Waals surface area contributed by atoms with Crippen LogP contribution in [-0.4, -0.2) is 23.5 Å². The molecule has 66 valence electrons. The van der Waals surface area contributed by atoms with Crippen LogP contribution in [-0.2, 0) is 0 Å². The molecule has 0 aromatic carbocycles. The fourth-order valence-electron chi connectivity index (χ4n) is 1.76. The average Bonchev–Trinajstić information content (AvgIpc) is 2.57. The lowest BCUT2D eigenvalue weighted by molar-refractivity contribution is 0.359. The van der Waals surface area contributed by atoms with Crippen molar-refractivity contribution in [3.63, 3.8) is 0 Å². The third-order valence-corrected chi connectivity index (χ3v) is 3.28. The van der Waals surface area contributed by atoms with Crippen molar-refractivity contribution in [2.24, 2.45) is 5.92 Å². The monoisotopic (exact) mass is 155 g/mol. The summed E-state index contributed by atoms with van der Waals surface area (Å²) in [7, 11) is 0. The van der Waals surface area contributed by atoms with Crippen LogP contribution in [0.15, 0.2) is 0 Å². The molecule has 0 spiro atoms. The Kier molecular flexibility index (Phi) is 2.94. The second-order valence-corrected chi connectivity index (χ2v) is 3.86. The topological polar surface area (TPSA) is 3.01 Å². The molecule has 2 atom stereocenters. The van der Waals surface area contributed by atoms with E-state index in [1.807, 2.05) is 0 Å². The molecule has 0 bridgehead atoms. The predicted molar refractivity (Wildman–Crippen MR) is 49.7 cm³/mol. The van der Waals surface area contributed by atoms with E-state index in [4.69, 9.17) is 0 Å². The number of nitrogens with zero attached hydrogens (tertiary/aromatic N) is 1. The van der Waals surface area contributed by atoms with E-state index in [9.17, 15) is 0 Å².